The van der Waals surface area contributed by atoms with Gasteiger partial charge in [0.15, 0.2) is 0 Å². The number of nitrogen functional groups attached to an aromatic ring is 1. The van der Waals surface area contributed by atoms with E-state index in [2.05, 4.69) is 0 Å². The number of amides is 1. The molecule has 2 N–H and O–H groups in total. The maximum Gasteiger partial charge on any atom is 0.415 e. The molecule has 1 aromatic rings. The van der Waals surface area contributed by atoms with Gasteiger partial charge >= 0.3 is 6.09 Å². The van der Waals surface area contributed by atoms with Crippen LogP contribution in [-0.2, 0) is 0 Å². The highest BCUT2D eigenvalue weighted by atomic mass is 16.6. The molecule has 4 heteroatoms. The molecule has 1 aromatic carbocycles. The topological polar surface area (TPSA) is 55.6 Å². The van der Waals surface area contributed by atoms with Crippen molar-refractivity contribution in [2.24, 2.45) is 0 Å². The summed E-state index contributed by atoms with van der Waals surface area (Å²) in [6, 6.07) is 5.21. The van der Waals surface area contributed by atoms with Crippen LogP contribution in [0.5, 0.6) is 5.75 Å². The highest BCUT2D eigenvalue weighted by Gasteiger charge is 2.26. The summed E-state index contributed by atoms with van der Waals surface area (Å²) in [4.78, 5) is 13.7. The van der Waals surface area contributed by atoms with Gasteiger partial charge in [-0.3, -0.25) is 0 Å². The standard InChI is InChI=1S/C14H22N2O2/c1-6-16(14(3,4)5)13(17)18-11-7-8-12(15)10(2)9-11/h7-9H,6,15H2,1-5H3. The summed E-state index contributed by atoms with van der Waals surface area (Å²) in [6.45, 7) is 10.4. The van der Waals surface area contributed by atoms with Gasteiger partial charge in [0.05, 0.1) is 0 Å². The average molecular weight is 250 g/mol. The minimum Gasteiger partial charge on any atom is -0.410 e. The number of carbonyl (C=O) groups is 1. The Bertz CT molecular complexity index is 436. The van der Waals surface area contributed by atoms with Crippen molar-refractivity contribution in [1.82, 2.24) is 4.90 Å². The fourth-order valence-electron chi connectivity index (χ4n) is 1.74. The molecule has 0 unspecified atom stereocenters. The molecule has 1 amide bonds. The minimum atomic E-state index is -0.339. The number of ether oxygens (including phenoxy) is 1. The van der Waals surface area contributed by atoms with Crippen LogP contribution in [0.4, 0.5) is 10.5 Å². The van der Waals surface area contributed by atoms with E-state index in [0.717, 1.165) is 5.56 Å². The molecule has 0 heterocycles. The largest absolute Gasteiger partial charge is 0.415 e. The third-order valence-corrected chi connectivity index (χ3v) is 2.79. The Morgan fingerprint density at radius 1 is 1.39 bits per heavy atom. The summed E-state index contributed by atoms with van der Waals surface area (Å²) in [5.74, 6) is 0.523. The molecule has 100 valence electrons. The molecule has 0 bridgehead atoms. The molecule has 0 aliphatic rings. The summed E-state index contributed by atoms with van der Waals surface area (Å²) in [6.07, 6.45) is -0.339. The molecular formula is C14H22N2O2. The zero-order chi connectivity index (χ0) is 13.9. The predicted molar refractivity (Wildman–Crippen MR) is 73.7 cm³/mol. The normalized spacial score (nSPS) is 11.2. The van der Waals surface area contributed by atoms with E-state index in [9.17, 15) is 4.79 Å². The van der Waals surface area contributed by atoms with Crippen molar-refractivity contribution >= 4 is 11.8 Å². The van der Waals surface area contributed by atoms with Crippen LogP contribution in [0.15, 0.2) is 18.2 Å². The Balaban J connectivity index is 2.83. The first kappa shape index (κ1) is 14.4. The van der Waals surface area contributed by atoms with Crippen molar-refractivity contribution in [3.63, 3.8) is 0 Å². The number of anilines is 1. The molecular weight excluding hydrogens is 228 g/mol. The molecule has 0 fully saturated rings. The predicted octanol–water partition coefficient (Wildman–Crippen LogP) is 3.20. The highest BCUT2D eigenvalue weighted by molar-refractivity contribution is 5.72. The molecule has 1 rings (SSSR count). The van der Waals surface area contributed by atoms with Crippen molar-refractivity contribution in [3.05, 3.63) is 23.8 Å². The summed E-state index contributed by atoms with van der Waals surface area (Å²) in [7, 11) is 0. The van der Waals surface area contributed by atoms with E-state index in [-0.39, 0.29) is 11.6 Å². The second-order valence-electron chi connectivity index (χ2n) is 5.30. The van der Waals surface area contributed by atoms with Crippen molar-refractivity contribution in [1.29, 1.82) is 0 Å². The van der Waals surface area contributed by atoms with Crippen molar-refractivity contribution in [2.75, 3.05) is 12.3 Å². The Hall–Kier alpha value is -1.71. The first-order chi connectivity index (χ1) is 8.25. The molecule has 4 nitrogen and oxygen atoms in total. The van der Waals surface area contributed by atoms with Crippen LogP contribution in [0, 0.1) is 6.92 Å². The van der Waals surface area contributed by atoms with E-state index < -0.39 is 0 Å². The molecule has 0 spiro atoms. The van der Waals surface area contributed by atoms with Gasteiger partial charge in [0.25, 0.3) is 0 Å². The lowest BCUT2D eigenvalue weighted by Gasteiger charge is -2.33. The van der Waals surface area contributed by atoms with Crippen molar-refractivity contribution in [3.8, 4) is 5.75 Å². The van der Waals surface area contributed by atoms with Gasteiger partial charge in [-0.15, -0.1) is 0 Å². The summed E-state index contributed by atoms with van der Waals surface area (Å²) in [5.41, 5.74) is 7.06. The summed E-state index contributed by atoms with van der Waals surface area (Å²) >= 11 is 0. The Morgan fingerprint density at radius 3 is 2.44 bits per heavy atom. The number of benzene rings is 1. The number of hydrogen-bond donors (Lipinski definition) is 1. The van der Waals surface area contributed by atoms with Gasteiger partial charge in [0, 0.05) is 17.8 Å². The highest BCUT2D eigenvalue weighted by Crippen LogP contribution is 2.21. The number of nitrogens with zero attached hydrogens (tertiary/aromatic N) is 1. The first-order valence-electron chi connectivity index (χ1n) is 6.11. The zero-order valence-corrected chi connectivity index (χ0v) is 11.8. The average Bonchev–Trinajstić information content (AvgIpc) is 2.22. The van der Waals surface area contributed by atoms with E-state index in [0.29, 0.717) is 18.0 Å². The van der Waals surface area contributed by atoms with Crippen LogP contribution in [0.25, 0.3) is 0 Å². The fraction of sp³-hybridized carbons (Fsp3) is 0.500. The molecule has 0 aromatic heterocycles. The van der Waals surface area contributed by atoms with Gasteiger partial charge in [-0.05, 0) is 58.4 Å². The maximum absolute atomic E-state index is 12.1. The minimum absolute atomic E-state index is 0.255. The van der Waals surface area contributed by atoms with E-state index in [4.69, 9.17) is 10.5 Å². The molecule has 0 aliphatic heterocycles. The number of hydrogen-bond acceptors (Lipinski definition) is 3. The Morgan fingerprint density at radius 2 is 2.00 bits per heavy atom. The summed E-state index contributed by atoms with van der Waals surface area (Å²) in [5, 5.41) is 0. The second kappa shape index (κ2) is 5.29. The third-order valence-electron chi connectivity index (χ3n) is 2.79. The monoisotopic (exact) mass is 250 g/mol. The van der Waals surface area contributed by atoms with Gasteiger partial charge in [-0.1, -0.05) is 0 Å². The number of rotatable bonds is 2. The van der Waals surface area contributed by atoms with Crippen molar-refractivity contribution in [2.45, 2.75) is 40.2 Å². The summed E-state index contributed by atoms with van der Waals surface area (Å²) < 4.78 is 5.36. The molecule has 0 saturated heterocycles. The van der Waals surface area contributed by atoms with Gasteiger partial charge in [-0.25, -0.2) is 4.79 Å². The van der Waals surface area contributed by atoms with Gasteiger partial charge in [0.2, 0.25) is 0 Å². The maximum atomic E-state index is 12.1. The number of aryl methyl sites for hydroxylation is 1. The van der Waals surface area contributed by atoms with Crippen LogP contribution in [0.3, 0.4) is 0 Å². The Kier molecular flexibility index (Phi) is 4.22. The van der Waals surface area contributed by atoms with Crippen molar-refractivity contribution < 1.29 is 9.53 Å². The van der Waals surface area contributed by atoms with Crippen LogP contribution in [-0.4, -0.2) is 23.1 Å². The molecule has 0 atom stereocenters. The SMILES string of the molecule is CCN(C(=O)Oc1ccc(N)c(C)c1)C(C)(C)C. The molecule has 0 saturated carbocycles. The number of carbonyl (C=O) groups excluding carboxylic acids is 1. The van der Waals surface area contributed by atoms with Gasteiger partial charge < -0.3 is 15.4 Å². The van der Waals surface area contributed by atoms with E-state index in [1.165, 1.54) is 0 Å². The Labute approximate surface area is 109 Å². The lowest BCUT2D eigenvalue weighted by atomic mass is 10.1. The lowest BCUT2D eigenvalue weighted by Crippen LogP contribution is -2.46. The lowest BCUT2D eigenvalue weighted by molar-refractivity contribution is 0.110. The van der Waals surface area contributed by atoms with Crippen LogP contribution in [0.2, 0.25) is 0 Å². The van der Waals surface area contributed by atoms with Gasteiger partial charge in [0.1, 0.15) is 5.75 Å². The smallest absolute Gasteiger partial charge is 0.410 e. The van der Waals surface area contributed by atoms with Crippen LogP contribution in [0.1, 0.15) is 33.3 Å². The zero-order valence-electron chi connectivity index (χ0n) is 11.8. The quantitative estimate of drug-likeness (QED) is 0.820. The van der Waals surface area contributed by atoms with Gasteiger partial charge in [-0.2, -0.15) is 0 Å². The van der Waals surface area contributed by atoms with Crippen LogP contribution >= 0.6 is 0 Å². The van der Waals surface area contributed by atoms with E-state index in [1.807, 2.05) is 34.6 Å². The molecule has 0 radical (unpaired) electrons. The fourth-order valence-corrected chi connectivity index (χ4v) is 1.74. The van der Waals surface area contributed by atoms with Crippen LogP contribution < -0.4 is 10.5 Å². The number of nitrogens with two attached hydrogens (primary N) is 1. The molecule has 18 heavy (non-hydrogen) atoms. The molecule has 0 aliphatic carbocycles. The third kappa shape index (κ3) is 3.39. The second-order valence-corrected chi connectivity index (χ2v) is 5.30. The van der Waals surface area contributed by atoms with E-state index >= 15 is 0 Å². The first-order valence-corrected chi connectivity index (χ1v) is 6.11. The van der Waals surface area contributed by atoms with E-state index in [1.54, 1.807) is 23.1 Å².